The molecule has 3 rings (SSSR count). The molecular formula is C24H36N4O4. The highest BCUT2D eigenvalue weighted by atomic mass is 16.5. The average molecular weight is 445 g/mol. The Hall–Kier alpha value is -2.74. The molecule has 3 N–H and O–H groups in total. The van der Waals surface area contributed by atoms with Crippen LogP contribution in [0.1, 0.15) is 52.9 Å². The van der Waals surface area contributed by atoms with Gasteiger partial charge in [0.2, 0.25) is 5.91 Å². The first-order valence-corrected chi connectivity index (χ1v) is 11.5. The minimum Gasteiger partial charge on any atom is -0.492 e. The van der Waals surface area contributed by atoms with Gasteiger partial charge in [-0.25, -0.2) is 4.98 Å². The van der Waals surface area contributed by atoms with Crippen molar-refractivity contribution in [1.29, 1.82) is 0 Å². The third-order valence-corrected chi connectivity index (χ3v) is 5.73. The molecule has 32 heavy (non-hydrogen) atoms. The predicted octanol–water partition coefficient (Wildman–Crippen LogP) is 4.35. The van der Waals surface area contributed by atoms with Crippen LogP contribution in [0.25, 0.3) is 10.9 Å². The molecule has 8 nitrogen and oxygen atoms in total. The zero-order chi connectivity index (χ0) is 23.5. The molecule has 1 saturated heterocycles. The van der Waals surface area contributed by atoms with E-state index in [9.17, 15) is 4.79 Å². The van der Waals surface area contributed by atoms with Gasteiger partial charge in [0.05, 0.1) is 12.1 Å². The van der Waals surface area contributed by atoms with Gasteiger partial charge in [0, 0.05) is 30.5 Å². The zero-order valence-corrected chi connectivity index (χ0v) is 19.4. The van der Waals surface area contributed by atoms with Crippen molar-refractivity contribution in [2.45, 2.75) is 59.1 Å². The second kappa shape index (κ2) is 13.0. The van der Waals surface area contributed by atoms with Gasteiger partial charge in [-0.1, -0.05) is 32.4 Å². The number of hydrogen-bond donors (Lipinski definition) is 2. The van der Waals surface area contributed by atoms with Crippen LogP contribution in [-0.2, 0) is 4.79 Å². The predicted molar refractivity (Wildman–Crippen MR) is 127 cm³/mol. The Morgan fingerprint density at radius 2 is 1.97 bits per heavy atom. The molecule has 2 heterocycles. The molecule has 1 aliphatic rings. The molecule has 1 aromatic heterocycles. The van der Waals surface area contributed by atoms with Gasteiger partial charge in [-0.2, -0.15) is 0 Å². The molecule has 0 saturated carbocycles. The zero-order valence-electron chi connectivity index (χ0n) is 19.4. The van der Waals surface area contributed by atoms with E-state index >= 15 is 0 Å². The van der Waals surface area contributed by atoms with E-state index in [1.807, 2.05) is 24.3 Å². The molecule has 1 aliphatic heterocycles. The lowest BCUT2D eigenvalue weighted by Gasteiger charge is -2.34. The number of fused-ring (bicyclic) bond motifs is 1. The Balaban J connectivity index is 0.000000654. The number of anilines is 1. The van der Waals surface area contributed by atoms with Crippen LogP contribution in [-0.4, -0.2) is 46.8 Å². The molecule has 1 fully saturated rings. The lowest BCUT2D eigenvalue weighted by Crippen LogP contribution is -2.42. The number of amides is 1. The summed E-state index contributed by atoms with van der Waals surface area (Å²) < 4.78 is 6.12. The maximum atomic E-state index is 12.7. The number of rotatable bonds is 8. The highest BCUT2D eigenvalue weighted by Crippen LogP contribution is 2.28. The van der Waals surface area contributed by atoms with Gasteiger partial charge in [0.1, 0.15) is 11.6 Å². The van der Waals surface area contributed by atoms with E-state index in [-0.39, 0.29) is 5.92 Å². The molecule has 0 spiro atoms. The number of ether oxygens (including phenoxy) is 1. The fourth-order valence-electron chi connectivity index (χ4n) is 3.92. The minimum absolute atomic E-state index is 0.189. The Morgan fingerprint density at radius 1 is 1.31 bits per heavy atom. The van der Waals surface area contributed by atoms with E-state index in [2.05, 4.69) is 28.9 Å². The number of piperidine rings is 1. The van der Waals surface area contributed by atoms with E-state index in [0.717, 1.165) is 61.8 Å². The number of hydrogen-bond acceptors (Lipinski definition) is 7. The summed E-state index contributed by atoms with van der Waals surface area (Å²) in [5.41, 5.74) is 6.77. The molecule has 2 atom stereocenters. The maximum absolute atomic E-state index is 12.7. The van der Waals surface area contributed by atoms with Crippen molar-refractivity contribution in [2.75, 3.05) is 25.4 Å². The lowest BCUT2D eigenvalue weighted by molar-refractivity contribution is -0.137. The van der Waals surface area contributed by atoms with Crippen molar-refractivity contribution in [3.8, 4) is 5.75 Å². The van der Waals surface area contributed by atoms with Crippen molar-refractivity contribution in [1.82, 2.24) is 9.88 Å². The largest absolute Gasteiger partial charge is 0.492 e. The first kappa shape index (κ1) is 25.5. The number of nitrogens with two attached hydrogens (primary N) is 1. The Kier molecular flexibility index (Phi) is 10.3. The van der Waals surface area contributed by atoms with Crippen molar-refractivity contribution >= 4 is 22.6 Å². The summed E-state index contributed by atoms with van der Waals surface area (Å²) in [6.45, 7) is 7.89. The number of carbonyl (C=O) groups is 1. The van der Waals surface area contributed by atoms with Gasteiger partial charge in [-0.05, 0) is 55.8 Å². The van der Waals surface area contributed by atoms with Crippen LogP contribution in [0.2, 0.25) is 0 Å². The van der Waals surface area contributed by atoms with Crippen molar-refractivity contribution in [2.24, 2.45) is 17.0 Å². The Bertz CT molecular complexity index is 866. The molecule has 0 bridgehead atoms. The summed E-state index contributed by atoms with van der Waals surface area (Å²) in [5.74, 6) is 2.27. The highest BCUT2D eigenvalue weighted by Gasteiger charge is 2.27. The summed E-state index contributed by atoms with van der Waals surface area (Å²) in [7, 11) is 0. The van der Waals surface area contributed by atoms with Crippen LogP contribution in [0.5, 0.6) is 5.75 Å². The molecular weight excluding hydrogens is 408 g/mol. The molecule has 176 valence electrons. The summed E-state index contributed by atoms with van der Waals surface area (Å²) in [6, 6.07) is 9.70. The summed E-state index contributed by atoms with van der Waals surface area (Å²) >= 11 is 0. The number of likely N-dealkylation sites (tertiary alicyclic amines) is 1. The van der Waals surface area contributed by atoms with Crippen molar-refractivity contribution in [3.05, 3.63) is 35.2 Å². The fraction of sp³-hybridized carbons (Fsp3) is 0.583. The number of pyridine rings is 1. The van der Waals surface area contributed by atoms with E-state index in [1.54, 1.807) is 6.07 Å². The second-order valence-electron chi connectivity index (χ2n) is 8.27. The highest BCUT2D eigenvalue weighted by molar-refractivity contribution is 5.86. The van der Waals surface area contributed by atoms with Gasteiger partial charge in [-0.15, -0.1) is 4.91 Å². The maximum Gasteiger partial charge on any atom is 0.225 e. The van der Waals surface area contributed by atoms with Gasteiger partial charge in [-0.3, -0.25) is 4.79 Å². The number of nitroso groups, excluding NO2 is 1. The first-order valence-electron chi connectivity index (χ1n) is 11.5. The van der Waals surface area contributed by atoms with Crippen LogP contribution in [0.3, 0.4) is 0 Å². The minimum atomic E-state index is -1.05. The molecule has 2 unspecified atom stereocenters. The fourth-order valence-corrected chi connectivity index (χ4v) is 3.92. The third kappa shape index (κ3) is 7.44. The number of nitrogens with zero attached hydrogens (tertiary/aromatic N) is 3. The van der Waals surface area contributed by atoms with Crippen LogP contribution >= 0.6 is 0 Å². The number of para-hydroxylation sites is 1. The molecule has 0 radical (unpaired) electrons. The van der Waals surface area contributed by atoms with E-state index < -0.39 is 6.23 Å². The number of aliphatic hydroxyl groups excluding tert-OH is 1. The SMILES string of the molecule is CC(O)N=O.CCCC(CC)C(=O)N1CCC(COc2cc(N)nc3ccccc23)CC1. The van der Waals surface area contributed by atoms with E-state index in [1.165, 1.54) is 6.92 Å². The van der Waals surface area contributed by atoms with Gasteiger partial charge in [0.15, 0.2) is 6.23 Å². The normalized spacial score (nSPS) is 16.1. The monoisotopic (exact) mass is 444 g/mol. The quantitative estimate of drug-likeness (QED) is 0.584. The number of aliphatic hydroxyl groups is 1. The van der Waals surface area contributed by atoms with Crippen LogP contribution in [0.15, 0.2) is 35.5 Å². The number of aromatic nitrogens is 1. The van der Waals surface area contributed by atoms with Crippen molar-refractivity contribution in [3.63, 3.8) is 0 Å². The van der Waals surface area contributed by atoms with Crippen LogP contribution in [0, 0.1) is 16.7 Å². The number of benzene rings is 1. The summed E-state index contributed by atoms with van der Waals surface area (Å²) in [5, 5.41) is 11.1. The smallest absolute Gasteiger partial charge is 0.225 e. The molecule has 0 aliphatic carbocycles. The Morgan fingerprint density at radius 3 is 2.56 bits per heavy atom. The molecule has 8 heteroatoms. The first-order chi connectivity index (χ1) is 15.4. The van der Waals surface area contributed by atoms with Crippen LogP contribution < -0.4 is 10.5 Å². The topological polar surface area (TPSA) is 118 Å². The van der Waals surface area contributed by atoms with E-state index in [0.29, 0.717) is 24.2 Å². The number of nitrogen functional groups attached to an aromatic ring is 1. The number of carbonyl (C=O) groups excluding carboxylic acids is 1. The molecule has 2 aromatic rings. The van der Waals surface area contributed by atoms with Crippen molar-refractivity contribution < 1.29 is 14.6 Å². The third-order valence-electron chi connectivity index (χ3n) is 5.73. The molecule has 1 amide bonds. The second-order valence-corrected chi connectivity index (χ2v) is 8.27. The lowest BCUT2D eigenvalue weighted by atomic mass is 9.94. The summed E-state index contributed by atoms with van der Waals surface area (Å²) in [6.07, 6.45) is 3.94. The van der Waals surface area contributed by atoms with Crippen LogP contribution in [0.4, 0.5) is 5.82 Å². The van der Waals surface area contributed by atoms with E-state index in [4.69, 9.17) is 20.5 Å². The Labute approximate surface area is 190 Å². The molecule has 1 aromatic carbocycles. The summed E-state index contributed by atoms with van der Waals surface area (Å²) in [4.78, 5) is 28.1. The standard InChI is InChI=1S/C22H31N3O2.C2H5NO2/c1-3-7-17(4-2)22(26)25-12-10-16(11-13-25)15-27-20-14-21(23)24-19-9-6-5-8-18(19)20;1-2(4)3-5/h5-6,8-9,14,16-17H,3-4,7,10-13,15H2,1-2H3,(H2,23,24);2,4H,1H3. The van der Waals surface area contributed by atoms with Gasteiger partial charge < -0.3 is 20.5 Å². The van der Waals surface area contributed by atoms with Gasteiger partial charge in [0.25, 0.3) is 0 Å². The average Bonchev–Trinajstić information content (AvgIpc) is 2.81. The van der Waals surface area contributed by atoms with Gasteiger partial charge >= 0.3 is 0 Å².